The molecule has 1 aliphatic carbocycles. The SMILES string of the molecule is CC1(C)CN(C(=O)C(CC(=O)O)NC(=O)OCC2c3ccccc3-c3ccccc32)CCN1Cc1ccccc1. The predicted molar refractivity (Wildman–Crippen MR) is 152 cm³/mol. The number of nitrogens with zero attached hydrogens (tertiary/aromatic N) is 2. The van der Waals surface area contributed by atoms with E-state index in [1.165, 1.54) is 5.56 Å². The molecule has 0 saturated carbocycles. The molecule has 0 bridgehead atoms. The van der Waals surface area contributed by atoms with Crippen LogP contribution in [0.4, 0.5) is 4.79 Å². The highest BCUT2D eigenvalue weighted by Crippen LogP contribution is 2.44. The van der Waals surface area contributed by atoms with Gasteiger partial charge in [-0.1, -0.05) is 78.9 Å². The number of alkyl carbamates (subject to hydrolysis) is 1. The van der Waals surface area contributed by atoms with Crippen molar-refractivity contribution in [1.82, 2.24) is 15.1 Å². The maximum atomic E-state index is 13.5. The van der Waals surface area contributed by atoms with Crippen molar-refractivity contribution < 1.29 is 24.2 Å². The van der Waals surface area contributed by atoms with Gasteiger partial charge in [0.1, 0.15) is 12.6 Å². The highest BCUT2D eigenvalue weighted by atomic mass is 16.5. The molecule has 5 rings (SSSR count). The second-order valence-electron chi connectivity index (χ2n) is 11.1. The van der Waals surface area contributed by atoms with Gasteiger partial charge < -0.3 is 20.1 Å². The monoisotopic (exact) mass is 541 g/mol. The Hall–Kier alpha value is -4.17. The number of hydrogen-bond donors (Lipinski definition) is 2. The number of fused-ring (bicyclic) bond motifs is 3. The van der Waals surface area contributed by atoms with Crippen molar-refractivity contribution in [3.63, 3.8) is 0 Å². The number of ether oxygens (including phenoxy) is 1. The van der Waals surface area contributed by atoms with Gasteiger partial charge in [-0.05, 0) is 41.7 Å². The number of carboxylic acids is 1. The van der Waals surface area contributed by atoms with Gasteiger partial charge in [-0.3, -0.25) is 14.5 Å². The summed E-state index contributed by atoms with van der Waals surface area (Å²) in [4.78, 5) is 42.0. The summed E-state index contributed by atoms with van der Waals surface area (Å²) in [5.41, 5.74) is 5.23. The van der Waals surface area contributed by atoms with Gasteiger partial charge in [0.05, 0.1) is 6.42 Å². The summed E-state index contributed by atoms with van der Waals surface area (Å²) in [5.74, 6) is -1.71. The van der Waals surface area contributed by atoms with Crippen LogP contribution in [0.2, 0.25) is 0 Å². The molecule has 0 radical (unpaired) electrons. The van der Waals surface area contributed by atoms with Gasteiger partial charge in [-0.2, -0.15) is 0 Å². The van der Waals surface area contributed by atoms with Gasteiger partial charge in [0, 0.05) is 37.6 Å². The number of carbonyl (C=O) groups excluding carboxylic acids is 2. The first-order valence-corrected chi connectivity index (χ1v) is 13.6. The van der Waals surface area contributed by atoms with Crippen LogP contribution in [0.3, 0.4) is 0 Å². The van der Waals surface area contributed by atoms with Crippen LogP contribution < -0.4 is 5.32 Å². The van der Waals surface area contributed by atoms with Crippen molar-refractivity contribution >= 4 is 18.0 Å². The normalized spacial score (nSPS) is 17.0. The van der Waals surface area contributed by atoms with E-state index in [0.717, 1.165) is 28.8 Å². The number of nitrogens with one attached hydrogen (secondary N) is 1. The summed E-state index contributed by atoms with van der Waals surface area (Å²) in [6.07, 6.45) is -1.32. The first-order valence-electron chi connectivity index (χ1n) is 13.6. The lowest BCUT2D eigenvalue weighted by molar-refractivity contribution is -0.145. The van der Waals surface area contributed by atoms with E-state index in [4.69, 9.17) is 4.74 Å². The molecule has 40 heavy (non-hydrogen) atoms. The number of carboxylic acid groups (broad SMARTS) is 1. The van der Waals surface area contributed by atoms with E-state index < -0.39 is 30.4 Å². The van der Waals surface area contributed by atoms with Crippen LogP contribution in [-0.2, 0) is 20.9 Å². The minimum absolute atomic E-state index is 0.0824. The van der Waals surface area contributed by atoms with Crippen LogP contribution in [0.15, 0.2) is 78.9 Å². The Labute approximate surface area is 234 Å². The molecule has 1 fully saturated rings. The summed E-state index contributed by atoms with van der Waals surface area (Å²) in [6.45, 7) is 6.48. The van der Waals surface area contributed by atoms with Gasteiger partial charge in [0.25, 0.3) is 0 Å². The largest absolute Gasteiger partial charge is 0.481 e. The Morgan fingerprint density at radius 1 is 0.925 bits per heavy atom. The number of hydrogen-bond acceptors (Lipinski definition) is 5. The Bertz CT molecular complexity index is 1340. The molecule has 1 heterocycles. The number of benzene rings is 3. The first kappa shape index (κ1) is 27.4. The molecule has 1 aliphatic heterocycles. The smallest absolute Gasteiger partial charge is 0.407 e. The Balaban J connectivity index is 1.22. The van der Waals surface area contributed by atoms with E-state index in [-0.39, 0.29) is 18.1 Å². The van der Waals surface area contributed by atoms with Gasteiger partial charge in [0.15, 0.2) is 0 Å². The first-order chi connectivity index (χ1) is 19.2. The van der Waals surface area contributed by atoms with Crippen LogP contribution in [-0.4, -0.2) is 70.7 Å². The summed E-state index contributed by atoms with van der Waals surface area (Å²) in [5, 5.41) is 12.1. The van der Waals surface area contributed by atoms with E-state index in [0.29, 0.717) is 19.6 Å². The molecule has 1 atom stereocenters. The molecule has 2 amide bonds. The van der Waals surface area contributed by atoms with Crippen LogP contribution in [0.1, 0.15) is 42.9 Å². The van der Waals surface area contributed by atoms with Crippen molar-refractivity contribution in [2.45, 2.75) is 44.3 Å². The number of rotatable bonds is 8. The Morgan fingerprint density at radius 2 is 1.52 bits per heavy atom. The molecule has 2 aliphatic rings. The Kier molecular flexibility index (Phi) is 7.89. The lowest BCUT2D eigenvalue weighted by Gasteiger charge is -2.47. The van der Waals surface area contributed by atoms with Gasteiger partial charge >= 0.3 is 12.1 Å². The van der Waals surface area contributed by atoms with Crippen LogP contribution in [0.25, 0.3) is 11.1 Å². The average Bonchev–Trinajstić information content (AvgIpc) is 3.26. The molecule has 3 aromatic carbocycles. The quantitative estimate of drug-likeness (QED) is 0.436. The molecule has 8 nitrogen and oxygen atoms in total. The van der Waals surface area contributed by atoms with Gasteiger partial charge in [0.2, 0.25) is 5.91 Å². The number of amides is 2. The molecule has 0 spiro atoms. The van der Waals surface area contributed by atoms with Crippen molar-refractivity contribution in [3.05, 3.63) is 95.6 Å². The summed E-state index contributed by atoms with van der Waals surface area (Å²) < 4.78 is 5.59. The van der Waals surface area contributed by atoms with E-state index in [9.17, 15) is 19.5 Å². The average molecular weight is 542 g/mol. The molecule has 8 heteroatoms. The highest BCUT2D eigenvalue weighted by molar-refractivity contribution is 5.89. The fraction of sp³-hybridized carbons (Fsp3) is 0.344. The van der Waals surface area contributed by atoms with E-state index in [1.807, 2.05) is 54.6 Å². The summed E-state index contributed by atoms with van der Waals surface area (Å²) >= 11 is 0. The minimum Gasteiger partial charge on any atom is -0.481 e. The Morgan fingerprint density at radius 3 is 2.12 bits per heavy atom. The minimum atomic E-state index is -1.22. The van der Waals surface area contributed by atoms with Gasteiger partial charge in [-0.15, -0.1) is 0 Å². The maximum absolute atomic E-state index is 13.5. The second-order valence-corrected chi connectivity index (χ2v) is 11.1. The highest BCUT2D eigenvalue weighted by Gasteiger charge is 2.38. The van der Waals surface area contributed by atoms with Crippen molar-refractivity contribution in [1.29, 1.82) is 0 Å². The zero-order chi connectivity index (χ0) is 28.3. The molecular weight excluding hydrogens is 506 g/mol. The standard InChI is InChI=1S/C32H35N3O5/c1-32(2)21-34(16-17-35(32)19-22-10-4-3-5-11-22)30(38)28(18-29(36)37)33-31(39)40-20-27-25-14-8-6-12-23(25)24-13-7-9-15-26(24)27/h3-15,27-28H,16-21H2,1-2H3,(H,33,39)(H,36,37). The third kappa shape index (κ3) is 5.87. The number of aliphatic carboxylic acids is 1. The van der Waals surface area contributed by atoms with Crippen molar-refractivity contribution in [2.24, 2.45) is 0 Å². The third-order valence-corrected chi connectivity index (χ3v) is 7.91. The van der Waals surface area contributed by atoms with Crippen LogP contribution in [0, 0.1) is 0 Å². The molecule has 3 aromatic rings. The topological polar surface area (TPSA) is 99.2 Å². The van der Waals surface area contributed by atoms with E-state index >= 15 is 0 Å². The van der Waals surface area contributed by atoms with Crippen molar-refractivity contribution in [2.75, 3.05) is 26.2 Å². The zero-order valence-corrected chi connectivity index (χ0v) is 22.9. The number of carbonyl (C=O) groups is 3. The second kappa shape index (κ2) is 11.5. The predicted octanol–water partition coefficient (Wildman–Crippen LogP) is 4.49. The summed E-state index contributed by atoms with van der Waals surface area (Å²) in [7, 11) is 0. The zero-order valence-electron chi connectivity index (χ0n) is 22.9. The third-order valence-electron chi connectivity index (χ3n) is 7.91. The van der Waals surface area contributed by atoms with E-state index in [2.05, 4.69) is 48.3 Å². The van der Waals surface area contributed by atoms with Crippen LogP contribution >= 0.6 is 0 Å². The molecular formula is C32H35N3O5. The lowest BCUT2D eigenvalue weighted by atomic mass is 9.96. The van der Waals surface area contributed by atoms with Crippen LogP contribution in [0.5, 0.6) is 0 Å². The van der Waals surface area contributed by atoms with Crippen molar-refractivity contribution in [3.8, 4) is 11.1 Å². The molecule has 2 N–H and O–H groups in total. The molecule has 1 saturated heterocycles. The maximum Gasteiger partial charge on any atom is 0.407 e. The molecule has 208 valence electrons. The molecule has 1 unspecified atom stereocenters. The summed E-state index contributed by atoms with van der Waals surface area (Å²) in [6, 6.07) is 25.0. The van der Waals surface area contributed by atoms with E-state index in [1.54, 1.807) is 4.90 Å². The fourth-order valence-electron chi connectivity index (χ4n) is 5.85. The van der Waals surface area contributed by atoms with Gasteiger partial charge in [-0.25, -0.2) is 4.79 Å². The number of piperazine rings is 1. The molecule has 0 aromatic heterocycles. The fourth-order valence-corrected chi connectivity index (χ4v) is 5.85. The lowest BCUT2D eigenvalue weighted by Crippen LogP contribution is -2.62.